The zero-order chi connectivity index (χ0) is 14.6. The molecule has 1 amide bonds. The summed E-state index contributed by atoms with van der Waals surface area (Å²) in [6, 6.07) is 2.39. The molecule has 0 aliphatic heterocycles. The lowest BCUT2D eigenvalue weighted by Crippen LogP contribution is -2.48. The minimum absolute atomic E-state index is 0.0932. The first-order valence-electron chi connectivity index (χ1n) is 7.27. The van der Waals surface area contributed by atoms with Crippen LogP contribution >= 0.6 is 11.3 Å². The minimum atomic E-state index is -0.955. The third-order valence-corrected chi connectivity index (χ3v) is 4.98. The number of rotatable bonds is 4. The Balaban J connectivity index is 2.32. The molecule has 20 heavy (non-hydrogen) atoms. The maximum Gasteiger partial charge on any atom is 0.249 e. The Morgan fingerprint density at radius 1 is 1.55 bits per heavy atom. The Kier molecular flexibility index (Phi) is 4.77. The van der Waals surface area contributed by atoms with Gasteiger partial charge in [0.1, 0.15) is 5.41 Å². The molecule has 4 nitrogen and oxygen atoms in total. The van der Waals surface area contributed by atoms with Crippen LogP contribution in [0, 0.1) is 16.7 Å². The van der Waals surface area contributed by atoms with Crippen LogP contribution in [-0.4, -0.2) is 16.9 Å². The van der Waals surface area contributed by atoms with Crippen LogP contribution in [0.3, 0.4) is 0 Å². The number of nitriles is 1. The fourth-order valence-electron chi connectivity index (χ4n) is 2.63. The fraction of sp³-hybridized carbons (Fsp3) is 0.667. The van der Waals surface area contributed by atoms with Crippen molar-refractivity contribution in [3.63, 3.8) is 0 Å². The Labute approximate surface area is 124 Å². The first-order chi connectivity index (χ1) is 9.62. The normalized spacial score (nSPS) is 19.1. The first-order valence-corrected chi connectivity index (χ1v) is 8.14. The molecule has 1 aromatic heterocycles. The molecule has 0 N–H and O–H groups in total. The third-order valence-electron chi connectivity index (χ3n) is 4.21. The highest BCUT2D eigenvalue weighted by molar-refractivity contribution is 7.13. The Morgan fingerprint density at radius 2 is 2.25 bits per heavy atom. The smallest absolute Gasteiger partial charge is 0.249 e. The highest BCUT2D eigenvalue weighted by Crippen LogP contribution is 2.33. The van der Waals surface area contributed by atoms with Crippen LogP contribution in [0.4, 0.5) is 5.13 Å². The van der Waals surface area contributed by atoms with Crippen molar-refractivity contribution in [1.29, 1.82) is 5.26 Å². The summed E-state index contributed by atoms with van der Waals surface area (Å²) in [6.07, 6.45) is 7.80. The minimum Gasteiger partial charge on any atom is -0.284 e. The molecule has 1 heterocycles. The lowest BCUT2D eigenvalue weighted by Gasteiger charge is -2.36. The number of amides is 1. The summed E-state index contributed by atoms with van der Waals surface area (Å²) in [7, 11) is 0. The Bertz CT molecular complexity index is 488. The van der Waals surface area contributed by atoms with Gasteiger partial charge < -0.3 is 0 Å². The number of carbonyl (C=O) groups excluding carboxylic acids is 1. The zero-order valence-electron chi connectivity index (χ0n) is 12.1. The number of anilines is 1. The van der Waals surface area contributed by atoms with Crippen molar-refractivity contribution in [1.82, 2.24) is 4.98 Å². The van der Waals surface area contributed by atoms with Gasteiger partial charge in [-0.25, -0.2) is 4.98 Å². The number of thiazole rings is 1. The van der Waals surface area contributed by atoms with Gasteiger partial charge in [-0.3, -0.25) is 9.69 Å². The van der Waals surface area contributed by atoms with Gasteiger partial charge in [0, 0.05) is 17.6 Å². The molecule has 0 spiro atoms. The lowest BCUT2D eigenvalue weighted by molar-refractivity contribution is -0.125. The van der Waals surface area contributed by atoms with Crippen LogP contribution in [0.5, 0.6) is 0 Å². The molecule has 1 saturated carbocycles. The molecule has 1 aromatic rings. The number of aromatic nitrogens is 1. The van der Waals surface area contributed by atoms with E-state index in [0.717, 1.165) is 30.8 Å². The van der Waals surface area contributed by atoms with Crippen LogP contribution in [0.15, 0.2) is 11.6 Å². The van der Waals surface area contributed by atoms with Crippen molar-refractivity contribution in [2.75, 3.05) is 4.90 Å². The van der Waals surface area contributed by atoms with Crippen molar-refractivity contribution < 1.29 is 4.79 Å². The van der Waals surface area contributed by atoms with Crippen LogP contribution in [0.1, 0.15) is 52.4 Å². The van der Waals surface area contributed by atoms with E-state index < -0.39 is 5.41 Å². The average Bonchev–Trinajstić information content (AvgIpc) is 3.01. The fourth-order valence-corrected chi connectivity index (χ4v) is 3.34. The van der Waals surface area contributed by atoms with Crippen molar-refractivity contribution in [2.24, 2.45) is 5.41 Å². The standard InChI is InChI=1S/C15H21N3OS/c1-3-15(2,11-16)13(19)18(14-17-9-10-20-14)12-7-5-4-6-8-12/h9-10,12H,3-8H2,1-2H3. The Hall–Kier alpha value is -1.41. The first kappa shape index (κ1) is 15.0. The molecule has 1 unspecified atom stereocenters. The van der Waals surface area contributed by atoms with E-state index in [9.17, 15) is 10.1 Å². The van der Waals surface area contributed by atoms with Gasteiger partial charge in [-0.1, -0.05) is 26.2 Å². The van der Waals surface area contributed by atoms with Crippen LogP contribution in [0.25, 0.3) is 0 Å². The van der Waals surface area contributed by atoms with E-state index in [1.807, 2.05) is 12.3 Å². The molecule has 5 heteroatoms. The number of hydrogen-bond donors (Lipinski definition) is 0. The van der Waals surface area contributed by atoms with Crippen molar-refractivity contribution >= 4 is 22.4 Å². The van der Waals surface area contributed by atoms with Gasteiger partial charge in [0.2, 0.25) is 5.91 Å². The summed E-state index contributed by atoms with van der Waals surface area (Å²) in [4.78, 5) is 19.0. The summed E-state index contributed by atoms with van der Waals surface area (Å²) in [5.41, 5.74) is -0.955. The molecule has 1 fully saturated rings. The molecule has 1 aliphatic carbocycles. The maximum atomic E-state index is 12.9. The molecular formula is C15H21N3OS. The summed E-state index contributed by atoms with van der Waals surface area (Å²) in [5, 5.41) is 12.0. The monoisotopic (exact) mass is 291 g/mol. The SMILES string of the molecule is CCC(C)(C#N)C(=O)N(c1nccs1)C1CCCCC1. The molecule has 0 bridgehead atoms. The van der Waals surface area contributed by atoms with Gasteiger partial charge in [0.05, 0.1) is 6.07 Å². The molecule has 2 rings (SSSR count). The molecule has 0 saturated heterocycles. The van der Waals surface area contributed by atoms with Gasteiger partial charge in [-0.15, -0.1) is 11.3 Å². The second-order valence-electron chi connectivity index (χ2n) is 5.58. The van der Waals surface area contributed by atoms with Gasteiger partial charge in [-0.05, 0) is 26.2 Å². The topological polar surface area (TPSA) is 57.0 Å². The zero-order valence-corrected chi connectivity index (χ0v) is 12.9. The second-order valence-corrected chi connectivity index (χ2v) is 6.45. The van der Waals surface area contributed by atoms with Gasteiger partial charge in [-0.2, -0.15) is 5.26 Å². The van der Waals surface area contributed by atoms with Crippen molar-refractivity contribution in [3.05, 3.63) is 11.6 Å². The lowest BCUT2D eigenvalue weighted by atomic mass is 9.86. The van der Waals surface area contributed by atoms with Crippen LogP contribution < -0.4 is 4.90 Å². The second kappa shape index (κ2) is 6.36. The molecule has 1 aliphatic rings. The summed E-state index contributed by atoms with van der Waals surface area (Å²) in [5.74, 6) is -0.0932. The van der Waals surface area contributed by atoms with Crippen LogP contribution in [-0.2, 0) is 4.79 Å². The van der Waals surface area contributed by atoms with Gasteiger partial charge in [0.15, 0.2) is 5.13 Å². The molecule has 0 aromatic carbocycles. The predicted molar refractivity (Wildman–Crippen MR) is 80.5 cm³/mol. The third kappa shape index (κ3) is 2.85. The number of nitrogens with zero attached hydrogens (tertiary/aromatic N) is 3. The van der Waals surface area contributed by atoms with Gasteiger partial charge in [0.25, 0.3) is 0 Å². The van der Waals surface area contributed by atoms with Crippen LogP contribution in [0.2, 0.25) is 0 Å². The molecule has 0 radical (unpaired) electrons. The van der Waals surface area contributed by atoms with Gasteiger partial charge >= 0.3 is 0 Å². The Morgan fingerprint density at radius 3 is 2.75 bits per heavy atom. The van der Waals surface area contributed by atoms with E-state index in [-0.39, 0.29) is 11.9 Å². The van der Waals surface area contributed by atoms with E-state index in [1.54, 1.807) is 18.0 Å². The molecular weight excluding hydrogens is 270 g/mol. The van der Waals surface area contributed by atoms with Crippen molar-refractivity contribution in [2.45, 2.75) is 58.4 Å². The number of carbonyl (C=O) groups is 1. The summed E-state index contributed by atoms with van der Waals surface area (Å²) < 4.78 is 0. The molecule has 108 valence electrons. The summed E-state index contributed by atoms with van der Waals surface area (Å²) >= 11 is 1.47. The number of hydrogen-bond acceptors (Lipinski definition) is 4. The van der Waals surface area contributed by atoms with Crippen molar-refractivity contribution in [3.8, 4) is 6.07 Å². The largest absolute Gasteiger partial charge is 0.284 e. The van der Waals surface area contributed by atoms with E-state index in [2.05, 4.69) is 11.1 Å². The highest BCUT2D eigenvalue weighted by Gasteiger charge is 2.40. The highest BCUT2D eigenvalue weighted by atomic mass is 32.1. The van der Waals surface area contributed by atoms with E-state index in [0.29, 0.717) is 6.42 Å². The quantitative estimate of drug-likeness (QED) is 0.849. The van der Waals surface area contributed by atoms with E-state index in [4.69, 9.17) is 0 Å². The molecule has 1 atom stereocenters. The maximum absolute atomic E-state index is 12.9. The summed E-state index contributed by atoms with van der Waals surface area (Å²) in [6.45, 7) is 3.63. The average molecular weight is 291 g/mol. The van der Waals surface area contributed by atoms with E-state index in [1.165, 1.54) is 17.8 Å². The van der Waals surface area contributed by atoms with E-state index >= 15 is 0 Å². The predicted octanol–water partition coefficient (Wildman–Crippen LogP) is 3.75.